The number of amides is 2. The van der Waals surface area contributed by atoms with Gasteiger partial charge in [-0.3, -0.25) is 19.7 Å². The van der Waals surface area contributed by atoms with E-state index in [4.69, 9.17) is 4.74 Å². The molecule has 2 saturated heterocycles. The minimum atomic E-state index is -1.41. The zero-order chi connectivity index (χ0) is 20.9. The number of halogens is 1. The molecule has 2 amide bonds. The van der Waals surface area contributed by atoms with E-state index >= 15 is 0 Å². The van der Waals surface area contributed by atoms with E-state index in [1.165, 1.54) is 25.3 Å². The monoisotopic (exact) mass is 396 g/mol. The normalized spacial score (nSPS) is 28.6. The number of rotatable bonds is 3. The van der Waals surface area contributed by atoms with Crippen molar-refractivity contribution in [3.05, 3.63) is 65.5 Å². The van der Waals surface area contributed by atoms with Crippen molar-refractivity contribution in [2.45, 2.75) is 25.4 Å². The lowest BCUT2D eigenvalue weighted by atomic mass is 9.80. The number of para-hydroxylation sites is 1. The summed E-state index contributed by atoms with van der Waals surface area (Å²) in [5.41, 5.74) is 0.296. The van der Waals surface area contributed by atoms with E-state index in [9.17, 15) is 18.8 Å². The van der Waals surface area contributed by atoms with Gasteiger partial charge in [-0.15, -0.1) is 0 Å². The topological polar surface area (TPSA) is 75.7 Å². The quantitative estimate of drug-likeness (QED) is 0.637. The van der Waals surface area contributed by atoms with Gasteiger partial charge in [0.05, 0.1) is 24.6 Å². The van der Waals surface area contributed by atoms with Gasteiger partial charge in [0.25, 0.3) is 0 Å². The van der Waals surface area contributed by atoms with E-state index in [1.807, 2.05) is 31.2 Å². The number of fused-ring (bicyclic) bond motifs is 1. The van der Waals surface area contributed by atoms with Crippen LogP contribution in [0.25, 0.3) is 0 Å². The van der Waals surface area contributed by atoms with Crippen molar-refractivity contribution in [3.8, 4) is 0 Å². The molecule has 0 unspecified atom stereocenters. The number of imide groups is 1. The van der Waals surface area contributed by atoms with Crippen molar-refractivity contribution >= 4 is 23.5 Å². The summed E-state index contributed by atoms with van der Waals surface area (Å²) < 4.78 is 19.3. The van der Waals surface area contributed by atoms with Crippen LogP contribution in [0.4, 0.5) is 10.1 Å². The van der Waals surface area contributed by atoms with Crippen LogP contribution in [-0.2, 0) is 19.1 Å². The van der Waals surface area contributed by atoms with Crippen LogP contribution in [0.2, 0.25) is 0 Å². The Labute approximate surface area is 167 Å². The Kier molecular flexibility index (Phi) is 4.50. The molecule has 2 aliphatic heterocycles. The van der Waals surface area contributed by atoms with Crippen LogP contribution in [0.1, 0.15) is 24.1 Å². The smallest absolute Gasteiger partial charge is 0.326 e. The summed E-state index contributed by atoms with van der Waals surface area (Å²) in [6.07, 6.45) is 0. The minimum absolute atomic E-state index is 0.105. The third-order valence-electron chi connectivity index (χ3n) is 5.93. The van der Waals surface area contributed by atoms with Crippen LogP contribution in [0, 0.1) is 24.6 Å². The molecule has 0 radical (unpaired) electrons. The summed E-state index contributed by atoms with van der Waals surface area (Å²) >= 11 is 0. The summed E-state index contributed by atoms with van der Waals surface area (Å²) in [7, 11) is 1.24. The lowest BCUT2D eigenvalue weighted by molar-refractivity contribution is -0.151. The van der Waals surface area contributed by atoms with Crippen molar-refractivity contribution in [1.29, 1.82) is 0 Å². The molecule has 2 aliphatic rings. The molecule has 4 atom stereocenters. The number of ether oxygens (including phenoxy) is 1. The Hall–Kier alpha value is -3.06. The van der Waals surface area contributed by atoms with Crippen molar-refractivity contribution in [1.82, 2.24) is 5.32 Å². The van der Waals surface area contributed by atoms with Crippen LogP contribution < -0.4 is 10.2 Å². The fourth-order valence-electron chi connectivity index (χ4n) is 4.47. The maximum atomic E-state index is 14.4. The number of aryl methyl sites for hydroxylation is 1. The van der Waals surface area contributed by atoms with Gasteiger partial charge in [0.2, 0.25) is 11.8 Å². The Morgan fingerprint density at radius 3 is 2.38 bits per heavy atom. The lowest BCUT2D eigenvalue weighted by Gasteiger charge is -2.28. The van der Waals surface area contributed by atoms with Gasteiger partial charge in [-0.05, 0) is 31.5 Å². The van der Waals surface area contributed by atoms with Crippen LogP contribution >= 0.6 is 0 Å². The third kappa shape index (κ3) is 2.76. The average molecular weight is 396 g/mol. The first-order valence-corrected chi connectivity index (χ1v) is 9.34. The molecule has 2 heterocycles. The molecule has 150 valence electrons. The van der Waals surface area contributed by atoms with Gasteiger partial charge in [0, 0.05) is 6.04 Å². The molecular formula is C22H21FN2O4. The van der Waals surface area contributed by atoms with Crippen LogP contribution in [0.5, 0.6) is 0 Å². The lowest BCUT2D eigenvalue weighted by Crippen LogP contribution is -2.54. The second-order valence-electron chi connectivity index (χ2n) is 7.69. The maximum absolute atomic E-state index is 14.4. The summed E-state index contributed by atoms with van der Waals surface area (Å²) in [6.45, 7) is 3.50. The van der Waals surface area contributed by atoms with Crippen LogP contribution in [0.15, 0.2) is 48.5 Å². The molecule has 29 heavy (non-hydrogen) atoms. The number of hydrogen-bond acceptors (Lipinski definition) is 5. The van der Waals surface area contributed by atoms with E-state index in [-0.39, 0.29) is 5.69 Å². The molecule has 7 heteroatoms. The van der Waals surface area contributed by atoms with Crippen molar-refractivity contribution in [3.63, 3.8) is 0 Å². The molecule has 2 fully saturated rings. The number of carbonyl (C=O) groups excluding carboxylic acids is 3. The summed E-state index contributed by atoms with van der Waals surface area (Å²) in [5, 5.41) is 3.17. The third-order valence-corrected chi connectivity index (χ3v) is 5.93. The fourth-order valence-corrected chi connectivity index (χ4v) is 4.47. The molecule has 0 bridgehead atoms. The maximum Gasteiger partial charge on any atom is 0.326 e. The van der Waals surface area contributed by atoms with E-state index in [0.717, 1.165) is 16.0 Å². The molecule has 6 nitrogen and oxygen atoms in total. The van der Waals surface area contributed by atoms with Crippen LogP contribution in [-0.4, -0.2) is 30.4 Å². The molecule has 2 aromatic rings. The molecule has 0 aromatic heterocycles. The first kappa shape index (κ1) is 19.3. The highest BCUT2D eigenvalue weighted by Gasteiger charge is 2.67. The van der Waals surface area contributed by atoms with Crippen LogP contribution in [0.3, 0.4) is 0 Å². The SMILES string of the molecule is COC(=O)[C@@]1(C)N[C@H](c2ccc(C)cc2)[C@H]2C(=O)N(c3ccccc3F)C(=O)[C@H]21. The van der Waals surface area contributed by atoms with Crippen molar-refractivity contribution in [2.75, 3.05) is 12.0 Å². The summed E-state index contributed by atoms with van der Waals surface area (Å²) in [5.74, 6) is -4.31. The zero-order valence-corrected chi connectivity index (χ0v) is 16.3. The number of methoxy groups -OCH3 is 1. The molecule has 0 aliphatic carbocycles. The second-order valence-corrected chi connectivity index (χ2v) is 7.69. The number of nitrogens with zero attached hydrogens (tertiary/aromatic N) is 1. The Morgan fingerprint density at radius 1 is 1.10 bits per heavy atom. The fraction of sp³-hybridized carbons (Fsp3) is 0.318. The van der Waals surface area contributed by atoms with Gasteiger partial charge in [-0.1, -0.05) is 42.0 Å². The number of anilines is 1. The molecule has 4 rings (SSSR count). The number of nitrogens with one attached hydrogen (secondary N) is 1. The molecule has 0 saturated carbocycles. The molecule has 1 N–H and O–H groups in total. The second kappa shape index (κ2) is 6.77. The predicted molar refractivity (Wildman–Crippen MR) is 103 cm³/mol. The summed E-state index contributed by atoms with van der Waals surface area (Å²) in [4.78, 5) is 40.2. The minimum Gasteiger partial charge on any atom is -0.468 e. The first-order chi connectivity index (χ1) is 13.8. The van der Waals surface area contributed by atoms with Crippen molar-refractivity contribution in [2.24, 2.45) is 11.8 Å². The standard InChI is InChI=1S/C22H21FN2O4/c1-12-8-10-13(11-9-12)18-16-17(22(2,24-18)21(28)29-3)20(27)25(19(16)26)15-7-5-4-6-14(15)23/h4-11,16-18,24H,1-3H3/t16-,17-,18+,22-/m0/s1. The van der Waals surface area contributed by atoms with Gasteiger partial charge < -0.3 is 4.74 Å². The highest BCUT2D eigenvalue weighted by molar-refractivity contribution is 6.24. The number of carbonyl (C=O) groups is 3. The highest BCUT2D eigenvalue weighted by atomic mass is 19.1. The number of benzene rings is 2. The predicted octanol–water partition coefficient (Wildman–Crippen LogP) is 2.52. The van der Waals surface area contributed by atoms with Gasteiger partial charge in [0.1, 0.15) is 11.4 Å². The number of hydrogen-bond donors (Lipinski definition) is 1. The molecular weight excluding hydrogens is 375 g/mol. The highest BCUT2D eigenvalue weighted by Crippen LogP contribution is 2.50. The Bertz CT molecular complexity index is 1010. The van der Waals surface area contributed by atoms with E-state index in [2.05, 4.69) is 5.32 Å². The number of esters is 1. The van der Waals surface area contributed by atoms with Gasteiger partial charge in [0.15, 0.2) is 0 Å². The van der Waals surface area contributed by atoms with Crippen molar-refractivity contribution < 1.29 is 23.5 Å². The van der Waals surface area contributed by atoms with Gasteiger partial charge >= 0.3 is 5.97 Å². The van der Waals surface area contributed by atoms with Gasteiger partial charge in [-0.2, -0.15) is 0 Å². The largest absolute Gasteiger partial charge is 0.468 e. The average Bonchev–Trinajstić information content (AvgIpc) is 3.17. The van der Waals surface area contributed by atoms with E-state index in [0.29, 0.717) is 0 Å². The zero-order valence-electron chi connectivity index (χ0n) is 16.3. The van der Waals surface area contributed by atoms with Gasteiger partial charge in [-0.25, -0.2) is 9.29 Å². The Morgan fingerprint density at radius 2 is 1.76 bits per heavy atom. The molecule has 2 aromatic carbocycles. The first-order valence-electron chi connectivity index (χ1n) is 9.34. The molecule has 0 spiro atoms. The Balaban J connectivity index is 1.84. The van der Waals surface area contributed by atoms with E-state index < -0.39 is 47.0 Å². The van der Waals surface area contributed by atoms with E-state index in [1.54, 1.807) is 13.0 Å². The summed E-state index contributed by atoms with van der Waals surface area (Å²) in [6, 6.07) is 12.5.